The maximum absolute atomic E-state index is 12.9. The van der Waals surface area contributed by atoms with Crippen molar-refractivity contribution >= 4 is 38.9 Å². The zero-order valence-electron chi connectivity index (χ0n) is 17.2. The maximum Gasteiger partial charge on any atom is 0.271 e. The van der Waals surface area contributed by atoms with Gasteiger partial charge in [-0.1, -0.05) is 17.7 Å². The van der Waals surface area contributed by atoms with Gasteiger partial charge in [-0.15, -0.1) is 0 Å². The second-order valence-electron chi connectivity index (χ2n) is 7.40. The van der Waals surface area contributed by atoms with Crippen LogP contribution < -0.4 is 5.32 Å². The number of hydrogen-bond donors (Lipinski definition) is 1. The Morgan fingerprint density at radius 1 is 1.10 bits per heavy atom. The lowest BCUT2D eigenvalue weighted by molar-refractivity contribution is -0.384. The molecule has 0 aromatic heterocycles. The van der Waals surface area contributed by atoms with Gasteiger partial charge in [-0.05, 0) is 43.2 Å². The van der Waals surface area contributed by atoms with Crippen molar-refractivity contribution in [3.05, 3.63) is 62.7 Å². The number of amides is 1. The van der Waals surface area contributed by atoms with Crippen molar-refractivity contribution in [1.29, 1.82) is 0 Å². The molecule has 3 rings (SSSR count). The largest absolute Gasteiger partial charge is 0.324 e. The number of non-ortho nitro benzene ring substituents is 1. The number of carbonyl (C=O) groups excluding carboxylic acids is 1. The van der Waals surface area contributed by atoms with Crippen LogP contribution in [-0.2, 0) is 14.8 Å². The zero-order chi connectivity index (χ0) is 22.8. The summed E-state index contributed by atoms with van der Waals surface area (Å²) in [6, 6.07) is 8.91. The number of nitrogens with one attached hydrogen (secondary N) is 1. The van der Waals surface area contributed by atoms with Crippen LogP contribution in [0.25, 0.3) is 0 Å². The molecule has 1 N–H and O–H groups in total. The fourth-order valence-electron chi connectivity index (χ4n) is 3.26. The normalized spacial score (nSPS) is 15.6. The van der Waals surface area contributed by atoms with E-state index in [0.29, 0.717) is 13.1 Å². The predicted octanol–water partition coefficient (Wildman–Crippen LogP) is 2.81. The average molecular weight is 467 g/mol. The number of nitro groups is 1. The number of rotatable bonds is 6. The van der Waals surface area contributed by atoms with Gasteiger partial charge in [0.2, 0.25) is 15.9 Å². The minimum atomic E-state index is -3.58. The number of piperazine rings is 1. The maximum atomic E-state index is 12.9. The van der Waals surface area contributed by atoms with E-state index in [-0.39, 0.29) is 46.8 Å². The van der Waals surface area contributed by atoms with E-state index in [1.807, 2.05) is 18.7 Å². The number of benzene rings is 2. The first-order chi connectivity index (χ1) is 14.6. The zero-order valence-corrected chi connectivity index (χ0v) is 18.7. The molecule has 0 radical (unpaired) electrons. The number of anilines is 1. The number of halogens is 1. The first-order valence-electron chi connectivity index (χ1n) is 9.61. The molecule has 1 aliphatic heterocycles. The summed E-state index contributed by atoms with van der Waals surface area (Å²) in [5, 5.41) is 13.5. The van der Waals surface area contributed by atoms with E-state index in [4.69, 9.17) is 11.6 Å². The van der Waals surface area contributed by atoms with Gasteiger partial charge in [0.1, 0.15) is 0 Å². The molecule has 9 nitrogen and oxygen atoms in total. The lowest BCUT2D eigenvalue weighted by Gasteiger charge is -2.33. The van der Waals surface area contributed by atoms with Crippen molar-refractivity contribution in [2.24, 2.45) is 0 Å². The molecule has 2 aromatic rings. The highest BCUT2D eigenvalue weighted by Crippen LogP contribution is 2.26. The summed E-state index contributed by atoms with van der Waals surface area (Å²) in [4.78, 5) is 24.7. The van der Waals surface area contributed by atoms with E-state index in [1.165, 1.54) is 22.5 Å². The van der Waals surface area contributed by atoms with Crippen LogP contribution in [-0.4, -0.2) is 61.2 Å². The lowest BCUT2D eigenvalue weighted by Crippen LogP contribution is -2.50. The fraction of sp³-hybridized carbons (Fsp3) is 0.350. The summed E-state index contributed by atoms with van der Waals surface area (Å²) in [5.74, 6) is -0.332. The Kier molecular flexibility index (Phi) is 6.95. The van der Waals surface area contributed by atoms with Gasteiger partial charge in [0.05, 0.1) is 27.1 Å². The molecule has 1 amide bonds. The van der Waals surface area contributed by atoms with Crippen LogP contribution in [0.3, 0.4) is 0 Å². The molecule has 0 spiro atoms. The highest BCUT2D eigenvalue weighted by atomic mass is 35.5. The molecule has 31 heavy (non-hydrogen) atoms. The number of hydrogen-bond acceptors (Lipinski definition) is 6. The number of aryl methyl sites for hydroxylation is 2. The third kappa shape index (κ3) is 5.40. The molecule has 1 aliphatic rings. The highest BCUT2D eigenvalue weighted by Gasteiger charge is 2.29. The molecule has 1 fully saturated rings. The summed E-state index contributed by atoms with van der Waals surface area (Å²) < 4.78 is 27.2. The van der Waals surface area contributed by atoms with E-state index in [9.17, 15) is 23.3 Å². The predicted molar refractivity (Wildman–Crippen MR) is 118 cm³/mol. The van der Waals surface area contributed by atoms with Crippen LogP contribution in [0.2, 0.25) is 5.02 Å². The third-order valence-electron chi connectivity index (χ3n) is 5.25. The summed E-state index contributed by atoms with van der Waals surface area (Å²) in [5.41, 5.74) is 2.07. The quantitative estimate of drug-likeness (QED) is 0.517. The molecule has 166 valence electrons. The number of carbonyl (C=O) groups is 1. The Morgan fingerprint density at radius 2 is 1.77 bits per heavy atom. The van der Waals surface area contributed by atoms with Crippen LogP contribution in [0.4, 0.5) is 11.4 Å². The highest BCUT2D eigenvalue weighted by molar-refractivity contribution is 7.89. The first kappa shape index (κ1) is 23.1. The monoisotopic (exact) mass is 466 g/mol. The van der Waals surface area contributed by atoms with Gasteiger partial charge in [0, 0.05) is 38.3 Å². The number of nitrogens with zero attached hydrogens (tertiary/aromatic N) is 3. The molecule has 1 heterocycles. The number of sulfonamides is 1. The summed E-state index contributed by atoms with van der Waals surface area (Å²) in [7, 11) is -3.58. The van der Waals surface area contributed by atoms with Gasteiger partial charge in [0.15, 0.2) is 0 Å². The van der Waals surface area contributed by atoms with Gasteiger partial charge >= 0.3 is 0 Å². The third-order valence-corrected chi connectivity index (χ3v) is 7.46. The van der Waals surface area contributed by atoms with Gasteiger partial charge in [-0.3, -0.25) is 19.8 Å². The van der Waals surface area contributed by atoms with E-state index in [0.717, 1.165) is 11.1 Å². The van der Waals surface area contributed by atoms with Crippen LogP contribution in [0, 0.1) is 24.0 Å². The second-order valence-corrected chi connectivity index (χ2v) is 9.74. The Labute approximate surface area is 185 Å². The Bertz CT molecular complexity index is 1110. The van der Waals surface area contributed by atoms with E-state index in [2.05, 4.69) is 5.32 Å². The molecule has 0 saturated carbocycles. The van der Waals surface area contributed by atoms with E-state index in [1.54, 1.807) is 18.2 Å². The molecular formula is C20H23ClN4O5S. The van der Waals surface area contributed by atoms with Gasteiger partial charge in [-0.25, -0.2) is 8.42 Å². The summed E-state index contributed by atoms with van der Waals surface area (Å²) in [6.07, 6.45) is 0. The standard InChI is InChI=1S/C20H23ClN4O5S/c1-14-3-5-17(11-15(14)2)31(29,30)24-9-7-23(8-10-24)13-20(26)22-19-6-4-16(25(27)28)12-18(19)21/h3-6,11-12H,7-10,13H2,1-2H3,(H,22,26). The molecule has 1 saturated heterocycles. The Hall–Kier alpha value is -2.53. The van der Waals surface area contributed by atoms with Crippen LogP contribution >= 0.6 is 11.6 Å². The van der Waals surface area contributed by atoms with Crippen molar-refractivity contribution in [3.8, 4) is 0 Å². The molecule has 0 unspecified atom stereocenters. The van der Waals surface area contributed by atoms with E-state index < -0.39 is 14.9 Å². The van der Waals surface area contributed by atoms with Crippen LogP contribution in [0.5, 0.6) is 0 Å². The topological polar surface area (TPSA) is 113 Å². The van der Waals surface area contributed by atoms with Crippen LogP contribution in [0.15, 0.2) is 41.3 Å². The molecule has 2 aromatic carbocycles. The SMILES string of the molecule is Cc1ccc(S(=O)(=O)N2CCN(CC(=O)Nc3ccc([N+](=O)[O-])cc3Cl)CC2)cc1C. The van der Waals surface area contributed by atoms with Gasteiger partial charge in [0.25, 0.3) is 5.69 Å². The lowest BCUT2D eigenvalue weighted by atomic mass is 10.1. The number of nitro benzene ring substituents is 1. The minimum Gasteiger partial charge on any atom is -0.324 e. The summed E-state index contributed by atoms with van der Waals surface area (Å²) in [6.45, 7) is 5.24. The molecular weight excluding hydrogens is 444 g/mol. The smallest absolute Gasteiger partial charge is 0.271 e. The van der Waals surface area contributed by atoms with Crippen LogP contribution in [0.1, 0.15) is 11.1 Å². The Morgan fingerprint density at radius 3 is 2.35 bits per heavy atom. The minimum absolute atomic E-state index is 0.0604. The molecule has 0 bridgehead atoms. The van der Waals surface area contributed by atoms with E-state index >= 15 is 0 Å². The molecule has 11 heteroatoms. The van der Waals surface area contributed by atoms with Gasteiger partial charge in [-0.2, -0.15) is 4.31 Å². The summed E-state index contributed by atoms with van der Waals surface area (Å²) >= 11 is 6.00. The van der Waals surface area contributed by atoms with Crippen molar-refractivity contribution in [3.63, 3.8) is 0 Å². The van der Waals surface area contributed by atoms with Crippen molar-refractivity contribution in [1.82, 2.24) is 9.21 Å². The second kappa shape index (κ2) is 9.31. The first-order valence-corrected chi connectivity index (χ1v) is 11.4. The fourth-order valence-corrected chi connectivity index (χ4v) is 4.99. The molecule has 0 atom stereocenters. The van der Waals surface area contributed by atoms with Crippen molar-refractivity contribution in [2.45, 2.75) is 18.7 Å². The molecule has 0 aliphatic carbocycles. The van der Waals surface area contributed by atoms with Gasteiger partial charge < -0.3 is 5.32 Å². The van der Waals surface area contributed by atoms with Crippen molar-refractivity contribution in [2.75, 3.05) is 38.0 Å². The Balaban J connectivity index is 1.56. The van der Waals surface area contributed by atoms with Crippen molar-refractivity contribution < 1.29 is 18.1 Å². The average Bonchev–Trinajstić information content (AvgIpc) is 2.71.